The molecular formula is C14H28N2O. The van der Waals surface area contributed by atoms with E-state index < -0.39 is 0 Å². The first-order valence-electron chi connectivity index (χ1n) is 7.23. The van der Waals surface area contributed by atoms with E-state index >= 15 is 0 Å². The van der Waals surface area contributed by atoms with Gasteiger partial charge in [-0.1, -0.05) is 13.8 Å². The summed E-state index contributed by atoms with van der Waals surface area (Å²) in [7, 11) is 0. The first kappa shape index (κ1) is 13.3. The Labute approximate surface area is 106 Å². The van der Waals surface area contributed by atoms with Crippen molar-refractivity contribution >= 4 is 0 Å². The molecular weight excluding hydrogens is 212 g/mol. The number of nitrogens with zero attached hydrogens (tertiary/aromatic N) is 1. The molecule has 1 aliphatic carbocycles. The Kier molecular flexibility index (Phi) is 4.45. The van der Waals surface area contributed by atoms with Gasteiger partial charge < -0.3 is 10.4 Å². The van der Waals surface area contributed by atoms with Crippen LogP contribution in [0.1, 0.15) is 39.5 Å². The molecule has 2 N–H and O–H groups in total. The zero-order valence-electron chi connectivity index (χ0n) is 11.4. The normalized spacial score (nSPS) is 41.1. The van der Waals surface area contributed by atoms with E-state index in [2.05, 4.69) is 24.1 Å². The van der Waals surface area contributed by atoms with E-state index in [-0.39, 0.29) is 5.54 Å². The Morgan fingerprint density at radius 1 is 1.18 bits per heavy atom. The Morgan fingerprint density at radius 2 is 1.88 bits per heavy atom. The Morgan fingerprint density at radius 3 is 2.53 bits per heavy atom. The molecule has 2 rings (SSSR count). The zero-order valence-corrected chi connectivity index (χ0v) is 11.4. The molecule has 2 atom stereocenters. The molecule has 0 aromatic carbocycles. The number of aliphatic hydroxyl groups excluding tert-OH is 1. The minimum atomic E-state index is 0.0725. The number of aliphatic hydroxyl groups is 1. The summed E-state index contributed by atoms with van der Waals surface area (Å²) in [6, 6.07) is 0. The van der Waals surface area contributed by atoms with Crippen molar-refractivity contribution in [3.8, 4) is 0 Å². The number of nitrogens with one attached hydrogen (secondary N) is 1. The first-order valence-corrected chi connectivity index (χ1v) is 7.23. The maximum Gasteiger partial charge on any atom is 0.0615 e. The van der Waals surface area contributed by atoms with Crippen LogP contribution in [-0.4, -0.2) is 48.3 Å². The Balaban J connectivity index is 2.10. The van der Waals surface area contributed by atoms with Crippen LogP contribution in [0.4, 0.5) is 0 Å². The van der Waals surface area contributed by atoms with E-state index in [1.165, 1.54) is 25.7 Å². The van der Waals surface area contributed by atoms with Gasteiger partial charge in [-0.25, -0.2) is 0 Å². The molecule has 1 aliphatic heterocycles. The summed E-state index contributed by atoms with van der Waals surface area (Å²) in [4.78, 5) is 2.57. The monoisotopic (exact) mass is 240 g/mol. The minimum Gasteiger partial charge on any atom is -0.394 e. The minimum absolute atomic E-state index is 0.0725. The molecule has 3 heteroatoms. The van der Waals surface area contributed by atoms with Gasteiger partial charge in [-0.2, -0.15) is 0 Å². The molecule has 0 aromatic rings. The van der Waals surface area contributed by atoms with E-state index in [1.807, 2.05) is 0 Å². The quantitative estimate of drug-likeness (QED) is 0.767. The average Bonchev–Trinajstić information content (AvgIpc) is 2.56. The van der Waals surface area contributed by atoms with E-state index in [0.717, 1.165) is 38.0 Å². The largest absolute Gasteiger partial charge is 0.394 e. The maximum atomic E-state index is 9.96. The van der Waals surface area contributed by atoms with Gasteiger partial charge >= 0.3 is 0 Å². The van der Waals surface area contributed by atoms with Gasteiger partial charge in [-0.15, -0.1) is 0 Å². The summed E-state index contributed by atoms with van der Waals surface area (Å²) in [5.41, 5.74) is 0.0725. The molecule has 1 saturated carbocycles. The van der Waals surface area contributed by atoms with Crippen LogP contribution in [0.15, 0.2) is 0 Å². The second-order valence-electron chi connectivity index (χ2n) is 6.33. The van der Waals surface area contributed by atoms with Gasteiger partial charge in [0.15, 0.2) is 0 Å². The fourth-order valence-electron chi connectivity index (χ4n) is 4.04. The van der Waals surface area contributed by atoms with E-state index in [0.29, 0.717) is 6.61 Å². The molecule has 2 unspecified atom stereocenters. The van der Waals surface area contributed by atoms with Gasteiger partial charge in [-0.05, 0) is 44.1 Å². The fourth-order valence-corrected chi connectivity index (χ4v) is 4.04. The van der Waals surface area contributed by atoms with Crippen LogP contribution >= 0.6 is 0 Å². The highest BCUT2D eigenvalue weighted by atomic mass is 16.3. The Bertz CT molecular complexity index is 226. The molecule has 0 amide bonds. The topological polar surface area (TPSA) is 35.5 Å². The number of hydrogen-bond donors (Lipinski definition) is 2. The van der Waals surface area contributed by atoms with Crippen molar-refractivity contribution in [3.05, 3.63) is 0 Å². The van der Waals surface area contributed by atoms with Crippen molar-refractivity contribution in [2.24, 2.45) is 11.8 Å². The lowest BCUT2D eigenvalue weighted by molar-refractivity contribution is -0.0244. The van der Waals surface area contributed by atoms with Gasteiger partial charge in [0.2, 0.25) is 0 Å². The zero-order chi connectivity index (χ0) is 12.3. The van der Waals surface area contributed by atoms with Gasteiger partial charge in [0.1, 0.15) is 0 Å². The van der Waals surface area contributed by atoms with Gasteiger partial charge in [0.05, 0.1) is 6.61 Å². The molecule has 17 heavy (non-hydrogen) atoms. The summed E-state index contributed by atoms with van der Waals surface area (Å²) in [5, 5.41) is 13.4. The standard InChI is InChI=1S/C14H28N2O/c1-12-8-13(2)10-14(9-12,11-17)16-6-3-4-15-5-7-16/h12-13,15,17H,3-11H2,1-2H3. The van der Waals surface area contributed by atoms with Crippen LogP contribution in [0.5, 0.6) is 0 Å². The van der Waals surface area contributed by atoms with Crippen molar-refractivity contribution in [3.63, 3.8) is 0 Å². The molecule has 1 saturated heterocycles. The molecule has 1 heterocycles. The summed E-state index contributed by atoms with van der Waals surface area (Å²) < 4.78 is 0. The van der Waals surface area contributed by atoms with Crippen LogP contribution in [-0.2, 0) is 0 Å². The fraction of sp³-hybridized carbons (Fsp3) is 1.00. The van der Waals surface area contributed by atoms with Crippen LogP contribution in [0.2, 0.25) is 0 Å². The highest BCUT2D eigenvalue weighted by Gasteiger charge is 2.41. The van der Waals surface area contributed by atoms with Crippen molar-refractivity contribution < 1.29 is 5.11 Å². The predicted molar refractivity (Wildman–Crippen MR) is 71.1 cm³/mol. The van der Waals surface area contributed by atoms with Crippen molar-refractivity contribution in [2.75, 3.05) is 32.8 Å². The molecule has 0 aromatic heterocycles. The molecule has 2 aliphatic rings. The lowest BCUT2D eigenvalue weighted by Crippen LogP contribution is -2.56. The van der Waals surface area contributed by atoms with Crippen LogP contribution in [0, 0.1) is 11.8 Å². The highest BCUT2D eigenvalue weighted by Crippen LogP contribution is 2.39. The third-order valence-corrected chi connectivity index (χ3v) is 4.57. The Hall–Kier alpha value is -0.120. The molecule has 0 radical (unpaired) electrons. The van der Waals surface area contributed by atoms with Gasteiger partial charge in [0, 0.05) is 25.2 Å². The van der Waals surface area contributed by atoms with E-state index in [4.69, 9.17) is 0 Å². The average molecular weight is 240 g/mol. The molecule has 100 valence electrons. The second-order valence-corrected chi connectivity index (χ2v) is 6.33. The summed E-state index contributed by atoms with van der Waals surface area (Å²) >= 11 is 0. The third kappa shape index (κ3) is 3.01. The molecule has 0 bridgehead atoms. The van der Waals surface area contributed by atoms with Crippen molar-refractivity contribution in [1.82, 2.24) is 10.2 Å². The second kappa shape index (κ2) is 5.68. The number of rotatable bonds is 2. The SMILES string of the molecule is CC1CC(C)CC(CO)(N2CCCNCC2)C1. The lowest BCUT2D eigenvalue weighted by atomic mass is 9.71. The summed E-state index contributed by atoms with van der Waals surface area (Å²) in [6.45, 7) is 9.47. The molecule has 0 spiro atoms. The molecule has 3 nitrogen and oxygen atoms in total. The lowest BCUT2D eigenvalue weighted by Gasteiger charge is -2.49. The highest BCUT2D eigenvalue weighted by molar-refractivity contribution is 4.97. The van der Waals surface area contributed by atoms with Gasteiger partial charge in [-0.3, -0.25) is 4.90 Å². The van der Waals surface area contributed by atoms with Crippen LogP contribution < -0.4 is 5.32 Å². The van der Waals surface area contributed by atoms with Crippen LogP contribution in [0.25, 0.3) is 0 Å². The molecule has 2 fully saturated rings. The van der Waals surface area contributed by atoms with Crippen molar-refractivity contribution in [1.29, 1.82) is 0 Å². The smallest absolute Gasteiger partial charge is 0.0615 e. The van der Waals surface area contributed by atoms with Crippen molar-refractivity contribution in [2.45, 2.75) is 45.1 Å². The predicted octanol–water partition coefficient (Wildman–Crippen LogP) is 1.47. The summed E-state index contributed by atoms with van der Waals surface area (Å²) in [6.07, 6.45) is 4.89. The van der Waals surface area contributed by atoms with Crippen LogP contribution in [0.3, 0.4) is 0 Å². The van der Waals surface area contributed by atoms with E-state index in [1.54, 1.807) is 0 Å². The first-order chi connectivity index (χ1) is 8.16. The summed E-state index contributed by atoms with van der Waals surface area (Å²) in [5.74, 6) is 1.50. The third-order valence-electron chi connectivity index (χ3n) is 4.57. The van der Waals surface area contributed by atoms with E-state index in [9.17, 15) is 5.11 Å². The number of hydrogen-bond acceptors (Lipinski definition) is 3. The van der Waals surface area contributed by atoms with Gasteiger partial charge in [0.25, 0.3) is 0 Å². The maximum absolute atomic E-state index is 9.96.